The first-order valence-electron chi connectivity index (χ1n) is 9.91. The quantitative estimate of drug-likeness (QED) is 0.446. The first-order chi connectivity index (χ1) is 13.5. The Labute approximate surface area is 165 Å². The van der Waals surface area contributed by atoms with Crippen molar-refractivity contribution in [3.05, 3.63) is 65.4 Å². The van der Waals surface area contributed by atoms with E-state index in [0.717, 1.165) is 40.7 Å². The van der Waals surface area contributed by atoms with Gasteiger partial charge in [-0.1, -0.05) is 30.3 Å². The maximum absolute atomic E-state index is 6.33. The molecule has 0 unspecified atom stereocenters. The Morgan fingerprint density at radius 2 is 1.79 bits per heavy atom. The number of fused-ring (bicyclic) bond motifs is 4. The third-order valence-corrected chi connectivity index (χ3v) is 6.11. The smallest absolute Gasteiger partial charge is 0.227 e. The van der Waals surface area contributed by atoms with Gasteiger partial charge in [0.05, 0.1) is 11.9 Å². The fourth-order valence-corrected chi connectivity index (χ4v) is 4.46. The number of anilines is 2. The molecule has 2 aromatic carbocycles. The first kappa shape index (κ1) is 17.1. The lowest BCUT2D eigenvalue weighted by Gasteiger charge is -2.36. The number of rotatable bonds is 1. The summed E-state index contributed by atoms with van der Waals surface area (Å²) in [5.41, 5.74) is 7.76. The van der Waals surface area contributed by atoms with Crippen molar-refractivity contribution in [3.63, 3.8) is 0 Å². The summed E-state index contributed by atoms with van der Waals surface area (Å²) >= 11 is 0. The third-order valence-electron chi connectivity index (χ3n) is 6.11. The van der Waals surface area contributed by atoms with Crippen LogP contribution < -0.4 is 9.80 Å². The van der Waals surface area contributed by atoms with Gasteiger partial charge < -0.3 is 14.2 Å². The van der Waals surface area contributed by atoms with Crippen molar-refractivity contribution in [3.8, 4) is 0 Å². The second-order valence-electron chi connectivity index (χ2n) is 7.83. The lowest BCUT2D eigenvalue weighted by molar-refractivity contribution is 0.618. The fourth-order valence-electron chi connectivity index (χ4n) is 4.46. The number of aryl methyl sites for hydroxylation is 2. The van der Waals surface area contributed by atoms with Crippen LogP contribution >= 0.6 is 0 Å². The second kappa shape index (κ2) is 6.26. The predicted octanol–water partition coefficient (Wildman–Crippen LogP) is 5.44. The fraction of sp³-hybridized carbons (Fsp3) is 0.292. The summed E-state index contributed by atoms with van der Waals surface area (Å²) in [5.74, 6) is 0. The Bertz CT molecular complexity index is 1190. The van der Waals surface area contributed by atoms with Gasteiger partial charge in [-0.05, 0) is 56.5 Å². The van der Waals surface area contributed by atoms with Crippen LogP contribution in [0.15, 0.2) is 52.9 Å². The molecule has 3 heterocycles. The van der Waals surface area contributed by atoms with Gasteiger partial charge in [-0.15, -0.1) is 0 Å². The number of hydrogen-bond acceptors (Lipinski definition) is 4. The summed E-state index contributed by atoms with van der Waals surface area (Å²) in [5, 5.41) is 2.22. The summed E-state index contributed by atoms with van der Waals surface area (Å²) < 4.78 is 6.33. The van der Waals surface area contributed by atoms with Crippen molar-refractivity contribution >= 4 is 33.4 Å². The number of aromatic nitrogens is 1. The zero-order valence-corrected chi connectivity index (χ0v) is 16.9. The average molecular weight is 371 g/mol. The van der Waals surface area contributed by atoms with E-state index in [2.05, 4.69) is 84.2 Å². The number of furan rings is 1. The molecule has 0 saturated carbocycles. The minimum Gasteiger partial charge on any atom is -0.436 e. The van der Waals surface area contributed by atoms with Gasteiger partial charge in [0.25, 0.3) is 0 Å². The van der Waals surface area contributed by atoms with Crippen molar-refractivity contribution in [2.45, 2.75) is 33.4 Å². The summed E-state index contributed by atoms with van der Waals surface area (Å²) in [6, 6.07) is 17.3. The SMILES string of the molecule is Cc1ccc2c(n1)oc1c(N3CCc4ccccc4N(C)[C@@H]3C)c(C)ccc12. The predicted molar refractivity (Wildman–Crippen MR) is 116 cm³/mol. The second-order valence-corrected chi connectivity index (χ2v) is 7.83. The molecule has 4 aromatic rings. The van der Waals surface area contributed by atoms with Gasteiger partial charge in [-0.25, -0.2) is 4.98 Å². The van der Waals surface area contributed by atoms with E-state index in [9.17, 15) is 0 Å². The summed E-state index contributed by atoms with van der Waals surface area (Å²) in [4.78, 5) is 9.46. The number of pyridine rings is 1. The van der Waals surface area contributed by atoms with E-state index in [-0.39, 0.29) is 6.17 Å². The van der Waals surface area contributed by atoms with Gasteiger partial charge >= 0.3 is 0 Å². The van der Waals surface area contributed by atoms with E-state index >= 15 is 0 Å². The van der Waals surface area contributed by atoms with Crippen LogP contribution in [0.4, 0.5) is 11.4 Å². The highest BCUT2D eigenvalue weighted by Gasteiger charge is 2.28. The maximum atomic E-state index is 6.33. The highest BCUT2D eigenvalue weighted by atomic mass is 16.3. The molecular weight excluding hydrogens is 346 g/mol. The average Bonchev–Trinajstić information content (AvgIpc) is 3.00. The van der Waals surface area contributed by atoms with E-state index < -0.39 is 0 Å². The lowest BCUT2D eigenvalue weighted by atomic mass is 10.1. The third kappa shape index (κ3) is 2.48. The summed E-state index contributed by atoms with van der Waals surface area (Å²) in [7, 11) is 2.18. The van der Waals surface area contributed by atoms with E-state index in [1.165, 1.54) is 22.5 Å². The minimum atomic E-state index is 0.218. The highest BCUT2D eigenvalue weighted by molar-refractivity contribution is 6.08. The Balaban J connectivity index is 1.70. The molecule has 1 atom stereocenters. The van der Waals surface area contributed by atoms with E-state index in [0.29, 0.717) is 0 Å². The first-order valence-corrected chi connectivity index (χ1v) is 9.91. The molecule has 4 nitrogen and oxygen atoms in total. The van der Waals surface area contributed by atoms with Gasteiger partial charge in [0.1, 0.15) is 0 Å². The van der Waals surface area contributed by atoms with Crippen LogP contribution in [-0.2, 0) is 6.42 Å². The Hall–Kier alpha value is -3.01. The molecule has 0 saturated heterocycles. The molecule has 5 rings (SSSR count). The zero-order valence-electron chi connectivity index (χ0n) is 16.9. The molecule has 1 aliphatic heterocycles. The van der Waals surface area contributed by atoms with Crippen molar-refractivity contribution < 1.29 is 4.42 Å². The lowest BCUT2D eigenvalue weighted by Crippen LogP contribution is -2.44. The molecule has 28 heavy (non-hydrogen) atoms. The molecule has 0 amide bonds. The normalized spacial score (nSPS) is 17.2. The largest absolute Gasteiger partial charge is 0.436 e. The molecule has 142 valence electrons. The van der Waals surface area contributed by atoms with Crippen LogP contribution in [0.5, 0.6) is 0 Å². The molecule has 0 fully saturated rings. The topological polar surface area (TPSA) is 32.5 Å². The molecule has 1 aliphatic rings. The molecule has 0 spiro atoms. The maximum Gasteiger partial charge on any atom is 0.227 e. The monoisotopic (exact) mass is 371 g/mol. The molecule has 0 aliphatic carbocycles. The Kier molecular flexibility index (Phi) is 3.83. The van der Waals surface area contributed by atoms with Crippen LogP contribution in [0.2, 0.25) is 0 Å². The van der Waals surface area contributed by atoms with Crippen LogP contribution in [0.25, 0.3) is 22.1 Å². The van der Waals surface area contributed by atoms with Gasteiger partial charge in [0.15, 0.2) is 5.58 Å². The Morgan fingerprint density at radius 3 is 2.64 bits per heavy atom. The van der Waals surface area contributed by atoms with Crippen molar-refractivity contribution in [2.24, 2.45) is 0 Å². The van der Waals surface area contributed by atoms with Crippen LogP contribution in [0.1, 0.15) is 23.7 Å². The number of nitrogens with zero attached hydrogens (tertiary/aromatic N) is 3. The molecular formula is C24H25N3O. The van der Waals surface area contributed by atoms with Crippen molar-refractivity contribution in [1.82, 2.24) is 4.98 Å². The Morgan fingerprint density at radius 1 is 1.00 bits per heavy atom. The van der Waals surface area contributed by atoms with E-state index in [4.69, 9.17) is 4.42 Å². The minimum absolute atomic E-state index is 0.218. The van der Waals surface area contributed by atoms with Crippen LogP contribution in [0, 0.1) is 13.8 Å². The standard InChI is InChI=1S/C24H25N3O/c1-15-9-11-19-20-12-10-16(2)25-24(20)28-23(19)22(15)27-14-13-18-7-5-6-8-21(18)26(4)17(27)3/h5-12,17H,13-14H2,1-4H3/t17-/m0/s1. The molecule has 0 N–H and O–H groups in total. The zero-order chi connectivity index (χ0) is 19.4. The van der Waals surface area contributed by atoms with Crippen molar-refractivity contribution in [1.29, 1.82) is 0 Å². The van der Waals surface area contributed by atoms with Gasteiger partial charge in [0.2, 0.25) is 5.71 Å². The summed E-state index contributed by atoms with van der Waals surface area (Å²) in [6.45, 7) is 7.39. The molecule has 2 aromatic heterocycles. The molecule has 0 radical (unpaired) electrons. The van der Waals surface area contributed by atoms with Crippen LogP contribution in [-0.4, -0.2) is 24.7 Å². The number of hydrogen-bond donors (Lipinski definition) is 0. The van der Waals surface area contributed by atoms with E-state index in [1.807, 2.05) is 6.92 Å². The summed E-state index contributed by atoms with van der Waals surface area (Å²) in [6.07, 6.45) is 1.23. The van der Waals surface area contributed by atoms with Gasteiger partial charge in [-0.2, -0.15) is 0 Å². The van der Waals surface area contributed by atoms with Gasteiger partial charge in [0, 0.05) is 35.7 Å². The highest BCUT2D eigenvalue weighted by Crippen LogP contribution is 2.39. The number of benzene rings is 2. The van der Waals surface area contributed by atoms with Gasteiger partial charge in [-0.3, -0.25) is 0 Å². The number of para-hydroxylation sites is 1. The van der Waals surface area contributed by atoms with Crippen molar-refractivity contribution in [2.75, 3.05) is 23.4 Å². The van der Waals surface area contributed by atoms with Crippen LogP contribution in [0.3, 0.4) is 0 Å². The van der Waals surface area contributed by atoms with E-state index in [1.54, 1.807) is 0 Å². The molecule has 4 heteroatoms. The molecule has 0 bridgehead atoms.